The fraction of sp³-hybridized carbons (Fsp3) is 0.118. The maximum atomic E-state index is 12.7. The summed E-state index contributed by atoms with van der Waals surface area (Å²) < 4.78 is 50.4. The van der Waals surface area contributed by atoms with E-state index in [0.717, 1.165) is 12.1 Å². The second-order valence-corrected chi connectivity index (χ2v) is 7.24. The van der Waals surface area contributed by atoms with Crippen LogP contribution in [0.3, 0.4) is 0 Å². The minimum atomic E-state index is -4.47. The van der Waals surface area contributed by atoms with Gasteiger partial charge in [-0.2, -0.15) is 13.2 Å². The molecule has 1 amide bonds. The summed E-state index contributed by atoms with van der Waals surface area (Å²) in [5.74, 6) is -0.513. The molecule has 1 fully saturated rings. The molecule has 0 unspecified atom stereocenters. The van der Waals surface area contributed by atoms with Crippen LogP contribution < -0.4 is 10.2 Å². The van der Waals surface area contributed by atoms with Gasteiger partial charge in [-0.3, -0.25) is 13.9 Å². The molecule has 0 spiro atoms. The van der Waals surface area contributed by atoms with Crippen molar-refractivity contribution in [2.75, 3.05) is 16.1 Å². The van der Waals surface area contributed by atoms with Crippen molar-refractivity contribution in [3.05, 3.63) is 70.2 Å². The van der Waals surface area contributed by atoms with Crippen molar-refractivity contribution in [2.24, 2.45) is 0 Å². The highest BCUT2D eigenvalue weighted by molar-refractivity contribution is 7.90. The summed E-state index contributed by atoms with van der Waals surface area (Å²) in [6.45, 7) is 0. The van der Waals surface area contributed by atoms with E-state index in [1.54, 1.807) is 24.3 Å². The van der Waals surface area contributed by atoms with Crippen molar-refractivity contribution in [1.29, 1.82) is 0 Å². The maximum Gasteiger partial charge on any atom is 0.416 e. The number of nitrogens with one attached hydrogen (secondary N) is 1. The largest absolute Gasteiger partial charge is 0.416 e. The molecule has 1 N–H and O–H groups in total. The number of benzene rings is 2. The Balaban J connectivity index is 1.80. The van der Waals surface area contributed by atoms with Crippen LogP contribution in [-0.4, -0.2) is 16.0 Å². The molecule has 4 nitrogen and oxygen atoms in total. The summed E-state index contributed by atoms with van der Waals surface area (Å²) in [7, 11) is -1.60. The molecular weight excluding hydrogens is 389 g/mol. The van der Waals surface area contributed by atoms with Crippen LogP contribution in [0, 0.1) is 0 Å². The van der Waals surface area contributed by atoms with E-state index in [4.69, 9.17) is 11.6 Å². The summed E-state index contributed by atoms with van der Waals surface area (Å²) in [5.41, 5.74) is -0.139. The van der Waals surface area contributed by atoms with E-state index in [2.05, 4.69) is 5.32 Å². The van der Waals surface area contributed by atoms with E-state index in [1.165, 1.54) is 23.2 Å². The molecule has 0 bridgehead atoms. The van der Waals surface area contributed by atoms with Crippen LogP contribution in [0.1, 0.15) is 5.56 Å². The van der Waals surface area contributed by atoms with Crippen molar-refractivity contribution >= 4 is 39.7 Å². The van der Waals surface area contributed by atoms with Gasteiger partial charge in [0.1, 0.15) is 10.8 Å². The first-order chi connectivity index (χ1) is 12.3. The minimum absolute atomic E-state index is 0.0163. The average Bonchev–Trinajstić information content (AvgIpc) is 2.87. The summed E-state index contributed by atoms with van der Waals surface area (Å²) in [6.07, 6.45) is -3.29. The Hall–Kier alpha value is -2.32. The third-order valence-corrected chi connectivity index (χ3v) is 5.17. The molecule has 1 saturated heterocycles. The number of anilines is 2. The number of carbonyl (C=O) groups excluding carboxylic acids is 1. The minimum Gasteiger partial charge on any atom is -0.360 e. The van der Waals surface area contributed by atoms with Crippen molar-refractivity contribution in [3.63, 3.8) is 0 Å². The van der Waals surface area contributed by atoms with Crippen LogP contribution in [0.2, 0.25) is 5.02 Å². The van der Waals surface area contributed by atoms with Crippen LogP contribution in [0.4, 0.5) is 24.5 Å². The van der Waals surface area contributed by atoms with E-state index in [-0.39, 0.29) is 16.5 Å². The molecule has 0 saturated carbocycles. The van der Waals surface area contributed by atoms with E-state index >= 15 is 0 Å². The number of amides is 1. The average molecular weight is 401 g/mol. The predicted octanol–water partition coefficient (Wildman–Crippen LogP) is 4.37. The van der Waals surface area contributed by atoms with Gasteiger partial charge in [-0.05, 0) is 42.5 Å². The number of halogens is 4. The summed E-state index contributed by atoms with van der Waals surface area (Å²) in [4.78, 5) is 13.8. The Morgan fingerprint density at radius 3 is 2.50 bits per heavy atom. The standard InChI is InChI=1S/C17H12ClF3N2O2S/c18-12-4-6-14(7-5-12)23-10-26(25)15(16(23)24)9-22-13-3-1-2-11(8-13)17(19,20)21/h1-9,22H,10H2/b15-9+/t26-/m1/s1. The number of carbonyl (C=O) groups is 1. The van der Waals surface area contributed by atoms with Gasteiger partial charge < -0.3 is 5.32 Å². The molecule has 0 aromatic heterocycles. The predicted molar refractivity (Wildman–Crippen MR) is 95.1 cm³/mol. The van der Waals surface area contributed by atoms with Gasteiger partial charge in [0.15, 0.2) is 0 Å². The molecule has 0 radical (unpaired) electrons. The Labute approximate surface area is 154 Å². The zero-order chi connectivity index (χ0) is 18.9. The molecule has 2 aromatic rings. The first kappa shape index (κ1) is 18.5. The monoisotopic (exact) mass is 400 g/mol. The summed E-state index contributed by atoms with van der Waals surface area (Å²) >= 11 is 5.81. The lowest BCUT2D eigenvalue weighted by atomic mass is 10.2. The smallest absolute Gasteiger partial charge is 0.360 e. The Morgan fingerprint density at radius 2 is 1.85 bits per heavy atom. The number of alkyl halides is 3. The van der Waals surface area contributed by atoms with Gasteiger partial charge in [0.05, 0.1) is 16.4 Å². The summed E-state index contributed by atoms with van der Waals surface area (Å²) in [5, 5.41) is 3.12. The molecule has 3 rings (SSSR count). The van der Waals surface area contributed by atoms with Gasteiger partial charge in [0.2, 0.25) is 0 Å². The van der Waals surface area contributed by atoms with Gasteiger partial charge in [-0.15, -0.1) is 0 Å². The SMILES string of the molecule is O=C1/C(=C\Nc2cccc(C(F)(F)F)c2)[S@](=O)CN1c1ccc(Cl)cc1. The van der Waals surface area contributed by atoms with Crippen molar-refractivity contribution in [2.45, 2.75) is 6.18 Å². The lowest BCUT2D eigenvalue weighted by molar-refractivity contribution is -0.137. The molecule has 1 heterocycles. The van der Waals surface area contributed by atoms with E-state index in [0.29, 0.717) is 10.7 Å². The third kappa shape index (κ3) is 3.91. The number of hydrogen-bond acceptors (Lipinski definition) is 3. The topological polar surface area (TPSA) is 49.4 Å². The molecular formula is C17H12ClF3N2O2S. The van der Waals surface area contributed by atoms with Gasteiger partial charge in [0.25, 0.3) is 5.91 Å². The molecule has 136 valence electrons. The van der Waals surface area contributed by atoms with Gasteiger partial charge in [-0.1, -0.05) is 17.7 Å². The number of rotatable bonds is 3. The quantitative estimate of drug-likeness (QED) is 0.778. The third-order valence-electron chi connectivity index (χ3n) is 3.65. The number of hydrogen-bond donors (Lipinski definition) is 1. The lowest BCUT2D eigenvalue weighted by Crippen LogP contribution is -2.24. The zero-order valence-corrected chi connectivity index (χ0v) is 14.7. The highest BCUT2D eigenvalue weighted by Crippen LogP contribution is 2.31. The fourth-order valence-electron chi connectivity index (χ4n) is 2.35. The highest BCUT2D eigenvalue weighted by Gasteiger charge is 2.34. The Morgan fingerprint density at radius 1 is 1.15 bits per heavy atom. The van der Waals surface area contributed by atoms with Crippen LogP contribution in [0.25, 0.3) is 0 Å². The lowest BCUT2D eigenvalue weighted by Gasteiger charge is -2.13. The molecule has 1 aliphatic heterocycles. The molecule has 0 aliphatic carbocycles. The van der Waals surface area contributed by atoms with Gasteiger partial charge in [0, 0.05) is 22.6 Å². The Kier molecular flexibility index (Phi) is 5.06. The van der Waals surface area contributed by atoms with Crippen molar-refractivity contribution in [1.82, 2.24) is 0 Å². The zero-order valence-electron chi connectivity index (χ0n) is 13.1. The summed E-state index contributed by atoms with van der Waals surface area (Å²) in [6, 6.07) is 11.0. The highest BCUT2D eigenvalue weighted by atomic mass is 35.5. The van der Waals surface area contributed by atoms with Crippen LogP contribution in [-0.2, 0) is 21.8 Å². The van der Waals surface area contributed by atoms with Crippen molar-refractivity contribution in [3.8, 4) is 0 Å². The van der Waals surface area contributed by atoms with Crippen LogP contribution in [0.15, 0.2) is 59.6 Å². The second-order valence-electron chi connectivity index (χ2n) is 5.42. The molecule has 2 aromatic carbocycles. The first-order valence-electron chi connectivity index (χ1n) is 7.35. The molecule has 9 heteroatoms. The van der Waals surface area contributed by atoms with Crippen molar-refractivity contribution < 1.29 is 22.2 Å². The van der Waals surface area contributed by atoms with Crippen LogP contribution in [0.5, 0.6) is 0 Å². The molecule has 1 atom stereocenters. The van der Waals surface area contributed by atoms with E-state index in [9.17, 15) is 22.2 Å². The maximum absolute atomic E-state index is 12.7. The van der Waals surface area contributed by atoms with Gasteiger partial charge >= 0.3 is 6.18 Å². The fourth-order valence-corrected chi connectivity index (χ4v) is 3.61. The first-order valence-corrected chi connectivity index (χ1v) is 9.05. The van der Waals surface area contributed by atoms with E-state index < -0.39 is 28.4 Å². The van der Waals surface area contributed by atoms with Crippen LogP contribution >= 0.6 is 11.6 Å². The normalized spacial score (nSPS) is 19.2. The molecule has 26 heavy (non-hydrogen) atoms. The Bertz CT molecular complexity index is 898. The van der Waals surface area contributed by atoms with E-state index in [1.807, 2.05) is 0 Å². The van der Waals surface area contributed by atoms with Gasteiger partial charge in [-0.25, -0.2) is 0 Å². The molecule has 1 aliphatic rings. The second kappa shape index (κ2) is 7.13. The number of nitrogens with zero attached hydrogens (tertiary/aromatic N) is 1.